The quantitative estimate of drug-likeness (QED) is 0.704. The number of carbonyl (C=O) groups is 1. The molecule has 2 N–H and O–H groups in total. The number of aromatic nitrogens is 2. The maximum Gasteiger partial charge on any atom is 0.257 e. The number of nitrogens with one attached hydrogen (secondary N) is 2. The molecule has 7 heteroatoms. The minimum absolute atomic E-state index is 0.133. The van der Waals surface area contributed by atoms with E-state index in [9.17, 15) is 4.79 Å². The third kappa shape index (κ3) is 3.85. The third-order valence-electron chi connectivity index (χ3n) is 4.48. The summed E-state index contributed by atoms with van der Waals surface area (Å²) < 4.78 is 0. The summed E-state index contributed by atoms with van der Waals surface area (Å²) in [4.78, 5) is 22.8. The Morgan fingerprint density at radius 1 is 1.31 bits per heavy atom. The molecule has 1 fully saturated rings. The van der Waals surface area contributed by atoms with Crippen LogP contribution >= 0.6 is 22.7 Å². The van der Waals surface area contributed by atoms with E-state index < -0.39 is 0 Å². The van der Waals surface area contributed by atoms with Gasteiger partial charge in [-0.05, 0) is 50.9 Å². The number of carbonyl (C=O) groups excluding carboxylic acids is 1. The monoisotopic (exact) mass is 384 g/mol. The number of aryl methyl sites for hydroxylation is 1. The first-order valence-corrected chi connectivity index (χ1v) is 10.4. The van der Waals surface area contributed by atoms with Gasteiger partial charge in [-0.25, -0.2) is 9.97 Å². The van der Waals surface area contributed by atoms with Gasteiger partial charge in [0, 0.05) is 33.3 Å². The molecule has 2 aromatic heterocycles. The van der Waals surface area contributed by atoms with Gasteiger partial charge in [0.15, 0.2) is 5.13 Å². The molecule has 0 saturated carbocycles. The van der Waals surface area contributed by atoms with E-state index in [0.29, 0.717) is 16.6 Å². The number of hydrogen-bond acceptors (Lipinski definition) is 6. The Labute approximate surface area is 160 Å². The van der Waals surface area contributed by atoms with Crippen molar-refractivity contribution in [2.24, 2.45) is 0 Å². The van der Waals surface area contributed by atoms with Crippen LogP contribution in [0.25, 0.3) is 10.6 Å². The molecule has 0 spiro atoms. The fraction of sp³-hybridized carbons (Fsp3) is 0.316. The molecular weight excluding hydrogens is 364 g/mol. The SMILES string of the molecule is Cc1csc(-c2cccc(C(=O)Nc3ncc(C4CCNCC4)s3)c2)n1. The Balaban J connectivity index is 1.47. The maximum absolute atomic E-state index is 12.6. The number of anilines is 1. The lowest BCUT2D eigenvalue weighted by Crippen LogP contribution is -2.26. The van der Waals surface area contributed by atoms with Crippen molar-refractivity contribution in [3.8, 4) is 10.6 Å². The zero-order chi connectivity index (χ0) is 17.9. The van der Waals surface area contributed by atoms with Gasteiger partial charge in [-0.15, -0.1) is 22.7 Å². The average molecular weight is 385 g/mol. The fourth-order valence-corrected chi connectivity index (χ4v) is 4.86. The lowest BCUT2D eigenvalue weighted by atomic mass is 9.97. The van der Waals surface area contributed by atoms with Crippen molar-refractivity contribution in [1.82, 2.24) is 15.3 Å². The summed E-state index contributed by atoms with van der Waals surface area (Å²) in [6, 6.07) is 7.58. The van der Waals surface area contributed by atoms with Crippen LogP contribution in [0.3, 0.4) is 0 Å². The molecule has 1 aliphatic rings. The number of benzene rings is 1. The molecule has 0 atom stereocenters. The topological polar surface area (TPSA) is 66.9 Å². The van der Waals surface area contributed by atoms with Crippen molar-refractivity contribution in [3.63, 3.8) is 0 Å². The Bertz CT molecular complexity index is 912. The molecule has 1 aromatic carbocycles. The number of rotatable bonds is 4. The molecular formula is C19H20N4OS2. The summed E-state index contributed by atoms with van der Waals surface area (Å²) in [5.41, 5.74) is 2.58. The number of piperidine rings is 1. The molecule has 0 unspecified atom stereocenters. The largest absolute Gasteiger partial charge is 0.317 e. The fourth-order valence-electron chi connectivity index (χ4n) is 3.09. The van der Waals surface area contributed by atoms with E-state index in [0.717, 1.165) is 42.2 Å². The molecule has 5 nitrogen and oxygen atoms in total. The summed E-state index contributed by atoms with van der Waals surface area (Å²) in [5, 5.41) is 9.92. The van der Waals surface area contributed by atoms with Crippen LogP contribution in [0, 0.1) is 6.92 Å². The zero-order valence-corrected chi connectivity index (χ0v) is 16.1. The van der Waals surface area contributed by atoms with E-state index in [1.165, 1.54) is 4.88 Å². The van der Waals surface area contributed by atoms with Gasteiger partial charge in [0.25, 0.3) is 5.91 Å². The summed E-state index contributed by atoms with van der Waals surface area (Å²) >= 11 is 3.17. The van der Waals surface area contributed by atoms with Crippen LogP contribution in [-0.2, 0) is 0 Å². The molecule has 1 aliphatic heterocycles. The molecule has 1 saturated heterocycles. The van der Waals surface area contributed by atoms with E-state index in [1.54, 1.807) is 22.7 Å². The number of amides is 1. The molecule has 0 bridgehead atoms. The van der Waals surface area contributed by atoms with E-state index >= 15 is 0 Å². The highest BCUT2D eigenvalue weighted by atomic mass is 32.1. The van der Waals surface area contributed by atoms with E-state index in [4.69, 9.17) is 0 Å². The van der Waals surface area contributed by atoms with Crippen molar-refractivity contribution in [1.29, 1.82) is 0 Å². The first-order valence-electron chi connectivity index (χ1n) is 8.69. The van der Waals surface area contributed by atoms with Crippen molar-refractivity contribution < 1.29 is 4.79 Å². The van der Waals surface area contributed by atoms with E-state index in [1.807, 2.05) is 42.8 Å². The number of hydrogen-bond donors (Lipinski definition) is 2. The highest BCUT2D eigenvalue weighted by Crippen LogP contribution is 2.32. The summed E-state index contributed by atoms with van der Waals surface area (Å²) in [5.74, 6) is 0.419. The molecule has 0 radical (unpaired) electrons. The van der Waals surface area contributed by atoms with Crippen LogP contribution < -0.4 is 10.6 Å². The van der Waals surface area contributed by atoms with Crippen LogP contribution in [0.15, 0.2) is 35.8 Å². The lowest BCUT2D eigenvalue weighted by molar-refractivity contribution is 0.102. The molecule has 3 heterocycles. The normalized spacial score (nSPS) is 15.1. The standard InChI is InChI=1S/C19H20N4OS2/c1-12-11-25-18(22-12)15-4-2-3-14(9-15)17(24)23-19-21-10-16(26-19)13-5-7-20-8-6-13/h2-4,9-11,13,20H,5-8H2,1H3,(H,21,23,24). The van der Waals surface area contributed by atoms with Gasteiger partial charge < -0.3 is 5.32 Å². The first-order chi connectivity index (χ1) is 12.7. The molecule has 26 heavy (non-hydrogen) atoms. The third-order valence-corrected chi connectivity index (χ3v) is 6.56. The summed E-state index contributed by atoms with van der Waals surface area (Å²) in [7, 11) is 0. The van der Waals surface area contributed by atoms with Crippen LogP contribution in [0.4, 0.5) is 5.13 Å². The number of thiazole rings is 2. The second-order valence-corrected chi connectivity index (χ2v) is 8.34. The van der Waals surface area contributed by atoms with Crippen molar-refractivity contribution in [3.05, 3.63) is 52.0 Å². The van der Waals surface area contributed by atoms with Crippen molar-refractivity contribution >= 4 is 33.7 Å². The minimum atomic E-state index is -0.133. The Kier molecular flexibility index (Phi) is 5.10. The predicted molar refractivity (Wildman–Crippen MR) is 107 cm³/mol. The smallest absolute Gasteiger partial charge is 0.257 e. The highest BCUT2D eigenvalue weighted by molar-refractivity contribution is 7.15. The van der Waals surface area contributed by atoms with Crippen molar-refractivity contribution in [2.75, 3.05) is 18.4 Å². The Hall–Kier alpha value is -2.09. The second-order valence-electron chi connectivity index (χ2n) is 6.42. The first kappa shape index (κ1) is 17.3. The Morgan fingerprint density at radius 3 is 2.92 bits per heavy atom. The van der Waals surface area contributed by atoms with Crippen LogP contribution in [-0.4, -0.2) is 29.0 Å². The Morgan fingerprint density at radius 2 is 2.15 bits per heavy atom. The predicted octanol–water partition coefficient (Wildman–Crippen LogP) is 4.29. The van der Waals surface area contributed by atoms with Crippen molar-refractivity contribution in [2.45, 2.75) is 25.7 Å². The van der Waals surface area contributed by atoms with Gasteiger partial charge in [-0.3, -0.25) is 10.1 Å². The molecule has 3 aromatic rings. The van der Waals surface area contributed by atoms with E-state index in [2.05, 4.69) is 20.6 Å². The lowest BCUT2D eigenvalue weighted by Gasteiger charge is -2.20. The van der Waals surface area contributed by atoms with Crippen LogP contribution in [0.1, 0.15) is 39.7 Å². The molecule has 0 aliphatic carbocycles. The van der Waals surface area contributed by atoms with Gasteiger partial charge >= 0.3 is 0 Å². The van der Waals surface area contributed by atoms with Gasteiger partial charge in [0.2, 0.25) is 0 Å². The van der Waals surface area contributed by atoms with Crippen LogP contribution in [0.2, 0.25) is 0 Å². The zero-order valence-electron chi connectivity index (χ0n) is 14.5. The average Bonchev–Trinajstić information content (AvgIpc) is 3.32. The molecule has 1 amide bonds. The van der Waals surface area contributed by atoms with Gasteiger partial charge in [0.05, 0.1) is 0 Å². The maximum atomic E-state index is 12.6. The van der Waals surface area contributed by atoms with Gasteiger partial charge in [-0.2, -0.15) is 0 Å². The highest BCUT2D eigenvalue weighted by Gasteiger charge is 2.18. The van der Waals surface area contributed by atoms with E-state index in [-0.39, 0.29) is 5.91 Å². The summed E-state index contributed by atoms with van der Waals surface area (Å²) in [6.45, 7) is 4.07. The van der Waals surface area contributed by atoms with Gasteiger partial charge in [0.1, 0.15) is 5.01 Å². The molecule has 134 valence electrons. The molecule has 4 rings (SSSR count). The second kappa shape index (κ2) is 7.65. The summed E-state index contributed by atoms with van der Waals surface area (Å²) in [6.07, 6.45) is 4.17. The van der Waals surface area contributed by atoms with Gasteiger partial charge in [-0.1, -0.05) is 12.1 Å². The minimum Gasteiger partial charge on any atom is -0.317 e. The van der Waals surface area contributed by atoms with Crippen LogP contribution in [0.5, 0.6) is 0 Å². The number of nitrogens with zero attached hydrogens (tertiary/aromatic N) is 2.